The highest BCUT2D eigenvalue weighted by Crippen LogP contribution is 2.28. The molecule has 1 atom stereocenters. The minimum Gasteiger partial charge on any atom is -0.376 e. The van der Waals surface area contributed by atoms with Crippen molar-refractivity contribution >= 4 is 23.4 Å². The molecule has 2 aliphatic rings. The molecule has 0 radical (unpaired) electrons. The Kier molecular flexibility index (Phi) is 4.26. The highest BCUT2D eigenvalue weighted by atomic mass is 16.5. The molecule has 1 fully saturated rings. The highest BCUT2D eigenvalue weighted by molar-refractivity contribution is 6.34. The Morgan fingerprint density at radius 3 is 2.27 bits per heavy atom. The number of carbonyl (C=O) groups is 3. The van der Waals surface area contributed by atoms with Crippen molar-refractivity contribution < 1.29 is 19.1 Å². The van der Waals surface area contributed by atoms with E-state index in [1.165, 1.54) is 0 Å². The zero-order valence-corrected chi connectivity index (χ0v) is 14.1. The van der Waals surface area contributed by atoms with Gasteiger partial charge in [0.1, 0.15) is 0 Å². The molecule has 0 aromatic heterocycles. The van der Waals surface area contributed by atoms with Crippen LogP contribution in [0.25, 0.3) is 0 Å². The van der Waals surface area contributed by atoms with Crippen LogP contribution in [-0.2, 0) is 4.74 Å². The second-order valence-corrected chi connectivity index (χ2v) is 6.38. The van der Waals surface area contributed by atoms with Gasteiger partial charge in [0.05, 0.1) is 22.9 Å². The van der Waals surface area contributed by atoms with E-state index in [0.29, 0.717) is 28.9 Å². The molecule has 2 aromatic carbocycles. The first-order valence-corrected chi connectivity index (χ1v) is 8.63. The van der Waals surface area contributed by atoms with Crippen molar-refractivity contribution in [1.29, 1.82) is 0 Å². The third kappa shape index (κ3) is 2.88. The van der Waals surface area contributed by atoms with Gasteiger partial charge in [-0.2, -0.15) is 0 Å². The Labute approximate surface area is 150 Å². The van der Waals surface area contributed by atoms with Gasteiger partial charge >= 0.3 is 0 Å². The van der Waals surface area contributed by atoms with Crippen molar-refractivity contribution in [3.8, 4) is 0 Å². The molecule has 0 saturated carbocycles. The Morgan fingerprint density at radius 1 is 1.04 bits per heavy atom. The van der Waals surface area contributed by atoms with Gasteiger partial charge in [-0.25, -0.2) is 4.90 Å². The van der Waals surface area contributed by atoms with Gasteiger partial charge < -0.3 is 10.1 Å². The summed E-state index contributed by atoms with van der Waals surface area (Å²) >= 11 is 0. The average Bonchev–Trinajstić information content (AvgIpc) is 3.28. The fourth-order valence-corrected chi connectivity index (χ4v) is 3.30. The number of nitrogens with one attached hydrogen (secondary N) is 1. The number of ether oxygens (including phenoxy) is 1. The smallest absolute Gasteiger partial charge is 0.266 e. The average molecular weight is 350 g/mol. The number of rotatable bonds is 4. The lowest BCUT2D eigenvalue weighted by atomic mass is 10.1. The Hall–Kier alpha value is -2.99. The van der Waals surface area contributed by atoms with Crippen LogP contribution in [0.15, 0.2) is 48.5 Å². The summed E-state index contributed by atoms with van der Waals surface area (Å²) in [5, 5.41) is 2.85. The van der Waals surface area contributed by atoms with E-state index in [-0.39, 0.29) is 23.8 Å². The summed E-state index contributed by atoms with van der Waals surface area (Å²) < 4.78 is 5.48. The van der Waals surface area contributed by atoms with Crippen molar-refractivity contribution in [2.75, 3.05) is 18.1 Å². The number of nitrogens with zero attached hydrogens (tertiary/aromatic N) is 1. The van der Waals surface area contributed by atoms with Crippen LogP contribution in [0.1, 0.15) is 43.9 Å². The summed E-state index contributed by atoms with van der Waals surface area (Å²) in [4.78, 5) is 38.3. The summed E-state index contributed by atoms with van der Waals surface area (Å²) in [5.74, 6) is -0.892. The summed E-state index contributed by atoms with van der Waals surface area (Å²) in [7, 11) is 0. The Morgan fingerprint density at radius 2 is 1.69 bits per heavy atom. The predicted octanol–water partition coefficient (Wildman–Crippen LogP) is 2.40. The van der Waals surface area contributed by atoms with Gasteiger partial charge in [0.25, 0.3) is 17.7 Å². The van der Waals surface area contributed by atoms with Crippen LogP contribution in [0, 0.1) is 0 Å². The van der Waals surface area contributed by atoms with Crippen LogP contribution in [0.4, 0.5) is 5.69 Å². The first-order valence-electron chi connectivity index (χ1n) is 8.63. The fraction of sp³-hybridized carbons (Fsp3) is 0.250. The van der Waals surface area contributed by atoms with Gasteiger partial charge in [-0.1, -0.05) is 12.1 Å². The van der Waals surface area contributed by atoms with Gasteiger partial charge in [0.15, 0.2) is 0 Å². The lowest BCUT2D eigenvalue weighted by molar-refractivity contribution is 0.0857. The molecular weight excluding hydrogens is 332 g/mol. The zero-order valence-electron chi connectivity index (χ0n) is 14.1. The first kappa shape index (κ1) is 16.5. The van der Waals surface area contributed by atoms with E-state index in [1.807, 2.05) is 0 Å². The molecule has 6 heteroatoms. The molecule has 0 spiro atoms. The highest BCUT2D eigenvalue weighted by Gasteiger charge is 2.36. The Bertz CT molecular complexity index is 835. The van der Waals surface area contributed by atoms with Crippen LogP contribution >= 0.6 is 0 Å². The molecule has 4 rings (SSSR count). The molecule has 132 valence electrons. The van der Waals surface area contributed by atoms with Gasteiger partial charge in [0, 0.05) is 18.7 Å². The molecule has 3 amide bonds. The number of anilines is 1. The molecule has 2 heterocycles. The van der Waals surface area contributed by atoms with Gasteiger partial charge in [-0.15, -0.1) is 0 Å². The van der Waals surface area contributed by atoms with Crippen molar-refractivity contribution in [2.45, 2.75) is 18.9 Å². The topological polar surface area (TPSA) is 75.7 Å². The lowest BCUT2D eigenvalue weighted by Crippen LogP contribution is -2.32. The molecule has 2 aliphatic heterocycles. The zero-order chi connectivity index (χ0) is 18.1. The predicted molar refractivity (Wildman–Crippen MR) is 95.3 cm³/mol. The van der Waals surface area contributed by atoms with E-state index in [4.69, 9.17) is 4.74 Å². The Balaban J connectivity index is 1.47. The van der Waals surface area contributed by atoms with E-state index in [0.717, 1.165) is 24.3 Å². The molecule has 1 N–H and O–H groups in total. The number of amides is 3. The summed E-state index contributed by atoms with van der Waals surface area (Å²) in [6, 6.07) is 13.2. The van der Waals surface area contributed by atoms with Gasteiger partial charge in [-0.3, -0.25) is 14.4 Å². The second-order valence-electron chi connectivity index (χ2n) is 6.38. The maximum Gasteiger partial charge on any atom is 0.266 e. The van der Waals surface area contributed by atoms with E-state index >= 15 is 0 Å². The largest absolute Gasteiger partial charge is 0.376 e. The number of benzene rings is 2. The third-order valence-corrected chi connectivity index (χ3v) is 4.70. The molecule has 2 aromatic rings. The monoisotopic (exact) mass is 350 g/mol. The SMILES string of the molecule is O=C(NCC1CCCO1)c1ccc(N2C(=O)c3ccccc3C2=O)cc1. The minimum atomic E-state index is -0.346. The van der Waals surface area contributed by atoms with Crippen molar-refractivity contribution in [2.24, 2.45) is 0 Å². The number of hydrogen-bond donors (Lipinski definition) is 1. The van der Waals surface area contributed by atoms with Crippen LogP contribution in [-0.4, -0.2) is 37.0 Å². The summed E-state index contributed by atoms with van der Waals surface area (Å²) in [5.41, 5.74) is 1.72. The standard InChI is InChI=1S/C20H18N2O4/c23-18(21-12-15-4-3-11-26-15)13-7-9-14(10-8-13)22-19(24)16-5-1-2-6-17(16)20(22)25/h1-2,5-10,15H,3-4,11-12H2,(H,21,23). The lowest BCUT2D eigenvalue weighted by Gasteiger charge is -2.15. The number of carbonyl (C=O) groups excluding carboxylic acids is 3. The summed E-state index contributed by atoms with van der Waals surface area (Å²) in [6.07, 6.45) is 2.06. The molecule has 1 unspecified atom stereocenters. The van der Waals surface area contributed by atoms with E-state index in [2.05, 4.69) is 5.32 Å². The van der Waals surface area contributed by atoms with E-state index < -0.39 is 0 Å². The van der Waals surface area contributed by atoms with Crippen molar-refractivity contribution in [3.63, 3.8) is 0 Å². The normalized spacial score (nSPS) is 18.9. The van der Waals surface area contributed by atoms with E-state index in [1.54, 1.807) is 48.5 Å². The van der Waals surface area contributed by atoms with Crippen LogP contribution < -0.4 is 10.2 Å². The van der Waals surface area contributed by atoms with Crippen LogP contribution in [0.5, 0.6) is 0 Å². The van der Waals surface area contributed by atoms with Crippen LogP contribution in [0.3, 0.4) is 0 Å². The number of imide groups is 1. The second kappa shape index (κ2) is 6.72. The van der Waals surface area contributed by atoms with Crippen molar-refractivity contribution in [1.82, 2.24) is 5.32 Å². The quantitative estimate of drug-likeness (QED) is 0.859. The number of hydrogen-bond acceptors (Lipinski definition) is 4. The molecule has 6 nitrogen and oxygen atoms in total. The van der Waals surface area contributed by atoms with Crippen molar-refractivity contribution in [3.05, 3.63) is 65.2 Å². The summed E-state index contributed by atoms with van der Waals surface area (Å²) in [6.45, 7) is 1.23. The van der Waals surface area contributed by atoms with Gasteiger partial charge in [0.2, 0.25) is 0 Å². The third-order valence-electron chi connectivity index (χ3n) is 4.70. The van der Waals surface area contributed by atoms with Crippen LogP contribution in [0.2, 0.25) is 0 Å². The maximum absolute atomic E-state index is 12.5. The minimum absolute atomic E-state index is 0.0802. The molecule has 0 aliphatic carbocycles. The van der Waals surface area contributed by atoms with E-state index in [9.17, 15) is 14.4 Å². The first-order chi connectivity index (χ1) is 12.6. The maximum atomic E-state index is 12.5. The number of fused-ring (bicyclic) bond motifs is 1. The molecule has 26 heavy (non-hydrogen) atoms. The molecule has 1 saturated heterocycles. The van der Waals surface area contributed by atoms with Gasteiger partial charge in [-0.05, 0) is 49.2 Å². The molecular formula is C20H18N2O4. The fourth-order valence-electron chi connectivity index (χ4n) is 3.30. The molecule has 0 bridgehead atoms.